The van der Waals surface area contributed by atoms with E-state index in [9.17, 15) is 14.3 Å². The quantitative estimate of drug-likeness (QED) is 0.0274. The smallest absolute Gasteiger partial charge is 0.457 e. The lowest BCUT2D eigenvalue weighted by Crippen LogP contribution is -2.28. The number of unbranched alkanes of at least 4 members (excludes halogenated alkanes) is 27. The van der Waals surface area contributed by atoms with E-state index >= 15 is 0 Å². The Morgan fingerprint density at radius 1 is 0.569 bits per heavy atom. The van der Waals surface area contributed by atoms with Crippen LogP contribution < -0.4 is 5.73 Å². The second-order valence-electron chi connectivity index (χ2n) is 14.6. The number of esters is 1. The summed E-state index contributed by atoms with van der Waals surface area (Å²) in [6.45, 7) is 4.95. The number of ether oxygens (including phenoxy) is 2. The maximum atomic E-state index is 12.6. The molecule has 0 aliphatic heterocycles. The molecule has 0 radical (unpaired) electrons. The number of carbonyl (C=O) groups excluding carboxylic acids is 1. The summed E-state index contributed by atoms with van der Waals surface area (Å²) in [6.07, 6.45) is 42.2. The summed E-state index contributed by atoms with van der Waals surface area (Å²) in [6, 6.07) is 0. The molecule has 0 rings (SSSR count). The standard InChI is InChI=1S/C42H84NO7P/c1-3-5-7-9-11-13-15-17-18-19-20-21-22-23-25-27-29-31-33-35-42(44)50-41(40-49-51(45,46)48-38-36-43)39-47-37-34-32-30-28-26-24-16-14-12-10-8-6-4-2/h17-18,41H,3-16,19-40,43H2,1-2H3,(H,45,46)/b18-17-. The van der Waals surface area contributed by atoms with Crippen LogP contribution in [0.15, 0.2) is 12.2 Å². The van der Waals surface area contributed by atoms with Gasteiger partial charge in [0.15, 0.2) is 0 Å². The lowest BCUT2D eigenvalue weighted by Gasteiger charge is -2.20. The van der Waals surface area contributed by atoms with Gasteiger partial charge in [-0.2, -0.15) is 0 Å². The molecule has 9 heteroatoms. The minimum absolute atomic E-state index is 0.0925. The van der Waals surface area contributed by atoms with Crippen molar-refractivity contribution in [1.82, 2.24) is 0 Å². The number of nitrogens with two attached hydrogens (primary N) is 1. The van der Waals surface area contributed by atoms with Crippen molar-refractivity contribution in [3.8, 4) is 0 Å². The largest absolute Gasteiger partial charge is 0.472 e. The van der Waals surface area contributed by atoms with Crippen LogP contribution >= 0.6 is 7.82 Å². The molecule has 0 aromatic rings. The highest BCUT2D eigenvalue weighted by atomic mass is 31.2. The van der Waals surface area contributed by atoms with Crippen molar-refractivity contribution in [2.24, 2.45) is 5.73 Å². The summed E-state index contributed by atoms with van der Waals surface area (Å²) < 4.78 is 33.4. The SMILES string of the molecule is CCCCCCCC/C=C\CCCCCCCCCCCC(=O)OC(COCCCCCCCCCCCCCCC)COP(=O)(O)OCCN. The molecule has 8 nitrogen and oxygen atoms in total. The van der Waals surface area contributed by atoms with Crippen LogP contribution in [0, 0.1) is 0 Å². The molecule has 0 aromatic heterocycles. The normalized spacial score (nSPS) is 13.6. The van der Waals surface area contributed by atoms with E-state index < -0.39 is 13.9 Å². The fraction of sp³-hybridized carbons (Fsp3) is 0.929. The van der Waals surface area contributed by atoms with E-state index in [1.807, 2.05) is 0 Å². The molecule has 0 heterocycles. The van der Waals surface area contributed by atoms with E-state index in [-0.39, 0.29) is 32.3 Å². The van der Waals surface area contributed by atoms with E-state index in [1.165, 1.54) is 161 Å². The average Bonchev–Trinajstić information content (AvgIpc) is 3.12. The van der Waals surface area contributed by atoms with Gasteiger partial charge in [0, 0.05) is 19.6 Å². The first-order valence-corrected chi connectivity index (χ1v) is 23.2. The van der Waals surface area contributed by atoms with Crippen LogP contribution in [-0.2, 0) is 27.9 Å². The summed E-state index contributed by atoms with van der Waals surface area (Å²) >= 11 is 0. The van der Waals surface area contributed by atoms with E-state index in [1.54, 1.807) is 0 Å². The molecule has 0 aromatic carbocycles. The van der Waals surface area contributed by atoms with Crippen LogP contribution in [-0.4, -0.2) is 49.9 Å². The van der Waals surface area contributed by atoms with Gasteiger partial charge in [0.2, 0.25) is 0 Å². The molecule has 2 atom stereocenters. The van der Waals surface area contributed by atoms with Crippen LogP contribution in [0.25, 0.3) is 0 Å². The van der Waals surface area contributed by atoms with Crippen LogP contribution in [0.4, 0.5) is 0 Å². The van der Waals surface area contributed by atoms with Gasteiger partial charge in [-0.3, -0.25) is 13.8 Å². The van der Waals surface area contributed by atoms with Crippen molar-refractivity contribution in [2.75, 3.05) is 33.0 Å². The molecule has 0 amide bonds. The minimum atomic E-state index is -4.27. The monoisotopic (exact) mass is 746 g/mol. The number of hydrogen-bond acceptors (Lipinski definition) is 7. The number of hydrogen-bond donors (Lipinski definition) is 2. The van der Waals surface area contributed by atoms with Gasteiger partial charge in [0.25, 0.3) is 0 Å². The minimum Gasteiger partial charge on any atom is -0.457 e. The summed E-state index contributed by atoms with van der Waals surface area (Å²) in [4.78, 5) is 22.5. The van der Waals surface area contributed by atoms with Gasteiger partial charge < -0.3 is 20.1 Å². The predicted octanol–water partition coefficient (Wildman–Crippen LogP) is 12.7. The maximum Gasteiger partial charge on any atom is 0.472 e. The molecular weight excluding hydrogens is 661 g/mol. The number of phosphoric acid groups is 1. The van der Waals surface area contributed by atoms with Crippen molar-refractivity contribution in [2.45, 2.75) is 219 Å². The number of phosphoric ester groups is 1. The molecular formula is C42H84NO7P. The highest BCUT2D eigenvalue weighted by Gasteiger charge is 2.25. The summed E-state index contributed by atoms with van der Waals surface area (Å²) in [5, 5.41) is 0. The van der Waals surface area contributed by atoms with E-state index in [0.29, 0.717) is 13.0 Å². The predicted molar refractivity (Wildman–Crippen MR) is 215 cm³/mol. The Labute approximate surface area is 315 Å². The van der Waals surface area contributed by atoms with Crippen molar-refractivity contribution >= 4 is 13.8 Å². The summed E-state index contributed by atoms with van der Waals surface area (Å²) in [5.74, 6) is -0.329. The Bertz CT molecular complexity index is 797. The van der Waals surface area contributed by atoms with Gasteiger partial charge in [0.05, 0.1) is 19.8 Å². The first-order chi connectivity index (χ1) is 24.9. The Kier molecular flexibility index (Phi) is 39.8. The van der Waals surface area contributed by atoms with Crippen LogP contribution in [0.3, 0.4) is 0 Å². The van der Waals surface area contributed by atoms with Crippen molar-refractivity contribution in [1.29, 1.82) is 0 Å². The van der Waals surface area contributed by atoms with Gasteiger partial charge in [-0.25, -0.2) is 4.57 Å². The molecule has 0 aliphatic rings. The molecule has 2 unspecified atom stereocenters. The van der Waals surface area contributed by atoms with Crippen LogP contribution in [0.2, 0.25) is 0 Å². The molecule has 0 spiro atoms. The lowest BCUT2D eigenvalue weighted by atomic mass is 10.0. The lowest BCUT2D eigenvalue weighted by molar-refractivity contribution is -0.154. The molecule has 0 fully saturated rings. The Hall–Kier alpha value is -0.760. The topological polar surface area (TPSA) is 117 Å². The van der Waals surface area contributed by atoms with Gasteiger partial charge in [-0.1, -0.05) is 180 Å². The number of rotatable bonds is 42. The Morgan fingerprint density at radius 2 is 0.980 bits per heavy atom. The molecule has 0 saturated heterocycles. The number of carbonyl (C=O) groups is 1. The second kappa shape index (κ2) is 40.4. The fourth-order valence-corrected chi connectivity index (χ4v) is 6.99. The Balaban J connectivity index is 3.98. The van der Waals surface area contributed by atoms with Gasteiger partial charge in [-0.05, 0) is 38.5 Å². The van der Waals surface area contributed by atoms with Crippen molar-refractivity contribution in [3.63, 3.8) is 0 Å². The molecule has 0 saturated carbocycles. The zero-order chi connectivity index (χ0) is 37.4. The van der Waals surface area contributed by atoms with Crippen molar-refractivity contribution < 1.29 is 32.8 Å². The van der Waals surface area contributed by atoms with Gasteiger partial charge in [-0.15, -0.1) is 0 Å². The molecule has 3 N–H and O–H groups in total. The average molecular weight is 746 g/mol. The third-order valence-electron chi connectivity index (χ3n) is 9.43. The highest BCUT2D eigenvalue weighted by Crippen LogP contribution is 2.43. The fourth-order valence-electron chi connectivity index (χ4n) is 6.23. The van der Waals surface area contributed by atoms with E-state index in [0.717, 1.165) is 32.1 Å². The van der Waals surface area contributed by atoms with Crippen molar-refractivity contribution in [3.05, 3.63) is 12.2 Å². The van der Waals surface area contributed by atoms with Crippen LogP contribution in [0.5, 0.6) is 0 Å². The highest BCUT2D eigenvalue weighted by molar-refractivity contribution is 7.47. The molecule has 0 aliphatic carbocycles. The van der Waals surface area contributed by atoms with Gasteiger partial charge in [0.1, 0.15) is 6.10 Å². The zero-order valence-corrected chi connectivity index (χ0v) is 34.5. The first-order valence-electron chi connectivity index (χ1n) is 21.7. The number of allylic oxidation sites excluding steroid dienone is 2. The Morgan fingerprint density at radius 3 is 1.43 bits per heavy atom. The third kappa shape index (κ3) is 40.3. The second-order valence-corrected chi connectivity index (χ2v) is 16.0. The first kappa shape index (κ1) is 50.2. The zero-order valence-electron chi connectivity index (χ0n) is 33.6. The van der Waals surface area contributed by atoms with Gasteiger partial charge >= 0.3 is 13.8 Å². The third-order valence-corrected chi connectivity index (χ3v) is 10.4. The molecule has 51 heavy (non-hydrogen) atoms. The van der Waals surface area contributed by atoms with E-state index in [4.69, 9.17) is 24.3 Å². The summed E-state index contributed by atoms with van der Waals surface area (Å²) in [5.41, 5.74) is 5.37. The van der Waals surface area contributed by atoms with E-state index in [2.05, 4.69) is 26.0 Å². The van der Waals surface area contributed by atoms with Crippen LogP contribution in [0.1, 0.15) is 213 Å². The molecule has 0 bridgehead atoms. The maximum absolute atomic E-state index is 12.6. The summed E-state index contributed by atoms with van der Waals surface area (Å²) in [7, 11) is -4.27. The molecule has 304 valence electrons.